The van der Waals surface area contributed by atoms with Crippen molar-refractivity contribution in [2.45, 2.75) is 10.9 Å². The predicted molar refractivity (Wildman–Crippen MR) is 129 cm³/mol. The summed E-state index contributed by atoms with van der Waals surface area (Å²) in [6.45, 7) is 0.622. The summed E-state index contributed by atoms with van der Waals surface area (Å²) in [5, 5.41) is 8.91. The zero-order valence-electron chi connectivity index (χ0n) is 18.7. The maximum Gasteiger partial charge on any atom is 0.411 e. The molecule has 0 aliphatic carbocycles. The second-order valence-corrected chi connectivity index (χ2v) is 9.19. The number of aliphatic carboxylic acids is 1. The molecule has 0 radical (unpaired) electrons. The molecule has 184 valence electrons. The number of alkyl halides is 3. The number of carboxylic acid groups (broad SMARTS) is 1. The first-order valence-corrected chi connectivity index (χ1v) is 12.0. The molecule has 1 heterocycles. The van der Waals surface area contributed by atoms with Gasteiger partial charge in [0.05, 0.1) is 12.2 Å². The number of thioether (sulfide) groups is 1. The molecule has 0 fully saturated rings. The fourth-order valence-electron chi connectivity index (χ4n) is 4.16. The molecular formula is C26H24F3NO4S. The summed E-state index contributed by atoms with van der Waals surface area (Å²) >= 11 is 0.852. The van der Waals surface area contributed by atoms with Gasteiger partial charge in [-0.1, -0.05) is 66.7 Å². The van der Waals surface area contributed by atoms with Gasteiger partial charge < -0.3 is 19.5 Å². The van der Waals surface area contributed by atoms with Crippen LogP contribution in [0.5, 0.6) is 11.5 Å². The smallest absolute Gasteiger partial charge is 0.411 e. The average Bonchev–Trinajstić information content (AvgIpc) is 2.85. The number of benzene rings is 3. The number of hydrogen-bond donors (Lipinski definition) is 1. The molecule has 0 spiro atoms. The maximum absolute atomic E-state index is 14.8. The Bertz CT molecular complexity index is 1100. The molecule has 1 aliphatic rings. The van der Waals surface area contributed by atoms with Crippen molar-refractivity contribution in [3.63, 3.8) is 0 Å². The lowest BCUT2D eigenvalue weighted by Crippen LogP contribution is -2.42. The van der Waals surface area contributed by atoms with Crippen LogP contribution in [0.25, 0.3) is 0 Å². The highest BCUT2D eigenvalue weighted by molar-refractivity contribution is 8.00. The highest BCUT2D eigenvalue weighted by Crippen LogP contribution is 2.54. The van der Waals surface area contributed by atoms with Gasteiger partial charge in [0.2, 0.25) is 0 Å². The zero-order chi connectivity index (χ0) is 24.9. The van der Waals surface area contributed by atoms with Crippen LogP contribution < -0.4 is 14.4 Å². The van der Waals surface area contributed by atoms with Crippen molar-refractivity contribution < 1.29 is 32.5 Å². The van der Waals surface area contributed by atoms with Gasteiger partial charge >= 0.3 is 12.1 Å². The Kier molecular flexibility index (Phi) is 7.45. The van der Waals surface area contributed by atoms with Crippen LogP contribution in [-0.2, 0) is 9.54 Å². The largest absolute Gasteiger partial charge is 0.486 e. The lowest BCUT2D eigenvalue weighted by molar-refractivity contribution is -0.151. The van der Waals surface area contributed by atoms with Crippen molar-refractivity contribution in [3.8, 4) is 11.5 Å². The molecule has 0 bridgehead atoms. The molecule has 35 heavy (non-hydrogen) atoms. The van der Waals surface area contributed by atoms with Gasteiger partial charge in [0.1, 0.15) is 6.61 Å². The van der Waals surface area contributed by atoms with Crippen LogP contribution in [0, 0.1) is 0 Å². The molecule has 1 N–H and O–H groups in total. The van der Waals surface area contributed by atoms with Gasteiger partial charge in [-0.25, -0.2) is 4.79 Å². The normalized spacial score (nSPS) is 13.6. The number of anilines is 1. The molecule has 0 atom stereocenters. The Labute approximate surface area is 205 Å². The first-order chi connectivity index (χ1) is 16.8. The molecule has 0 saturated carbocycles. The summed E-state index contributed by atoms with van der Waals surface area (Å²) in [6, 6.07) is 21.1. The van der Waals surface area contributed by atoms with Crippen LogP contribution >= 0.6 is 11.8 Å². The minimum absolute atomic E-state index is 0.176. The van der Waals surface area contributed by atoms with Crippen LogP contribution in [0.3, 0.4) is 0 Å². The van der Waals surface area contributed by atoms with Gasteiger partial charge in [-0.3, -0.25) is 0 Å². The number of fused-ring (bicyclic) bond motifs is 1. The molecule has 0 aromatic heterocycles. The van der Waals surface area contributed by atoms with E-state index in [2.05, 4.69) is 0 Å². The van der Waals surface area contributed by atoms with Gasteiger partial charge in [-0.05, 0) is 23.3 Å². The van der Waals surface area contributed by atoms with E-state index in [0.29, 0.717) is 36.9 Å². The van der Waals surface area contributed by atoms with E-state index in [1.165, 1.54) is 24.3 Å². The summed E-state index contributed by atoms with van der Waals surface area (Å²) in [6.07, 6.45) is -4.54. The summed E-state index contributed by atoms with van der Waals surface area (Å²) in [5.74, 6) is -0.237. The molecule has 1 aliphatic heterocycles. The van der Waals surface area contributed by atoms with E-state index in [0.717, 1.165) is 11.8 Å². The fraction of sp³-hybridized carbons (Fsp3) is 0.269. The molecule has 4 rings (SSSR count). The predicted octanol–water partition coefficient (Wildman–Crippen LogP) is 5.59. The van der Waals surface area contributed by atoms with E-state index in [-0.39, 0.29) is 16.9 Å². The van der Waals surface area contributed by atoms with Crippen LogP contribution in [0.2, 0.25) is 0 Å². The highest BCUT2D eigenvalue weighted by atomic mass is 32.2. The van der Waals surface area contributed by atoms with E-state index < -0.39 is 23.5 Å². The Morgan fingerprint density at radius 3 is 2.17 bits per heavy atom. The van der Waals surface area contributed by atoms with Crippen LogP contribution in [-0.4, -0.2) is 49.3 Å². The number of para-hydroxylation sites is 1. The lowest BCUT2D eigenvalue weighted by Gasteiger charge is -2.38. The second-order valence-electron chi connectivity index (χ2n) is 7.88. The lowest BCUT2D eigenvalue weighted by atomic mass is 9.89. The maximum atomic E-state index is 14.8. The van der Waals surface area contributed by atoms with Crippen molar-refractivity contribution in [1.29, 1.82) is 0 Å². The number of hydrogen-bond acceptors (Lipinski definition) is 5. The number of halogens is 3. The standard InChI is InChI=1S/C26H24F3NO4S/c27-26(28,29)25(19-8-3-1-4-9-19,20-10-5-2-6-11-20)35-17-15-30-14-16-33-24-21(30)12-7-13-22(24)34-18-23(31)32/h1-13H,14-18H2,(H,31,32). The first kappa shape index (κ1) is 24.8. The zero-order valence-corrected chi connectivity index (χ0v) is 19.5. The van der Waals surface area contributed by atoms with Gasteiger partial charge in [0.25, 0.3) is 0 Å². The molecule has 0 unspecified atom stereocenters. The van der Waals surface area contributed by atoms with Crippen molar-refractivity contribution in [2.24, 2.45) is 0 Å². The van der Waals surface area contributed by atoms with Crippen molar-refractivity contribution >= 4 is 23.4 Å². The third-order valence-electron chi connectivity index (χ3n) is 5.70. The van der Waals surface area contributed by atoms with Crippen LogP contribution in [0.1, 0.15) is 11.1 Å². The minimum Gasteiger partial charge on any atom is -0.486 e. The quantitative estimate of drug-likeness (QED) is 0.411. The van der Waals surface area contributed by atoms with Gasteiger partial charge in [-0.15, -0.1) is 11.8 Å². The second kappa shape index (κ2) is 10.5. The number of ether oxygens (including phenoxy) is 2. The molecule has 3 aromatic rings. The summed E-state index contributed by atoms with van der Waals surface area (Å²) in [5.41, 5.74) is 1.02. The number of carboxylic acids is 1. The topological polar surface area (TPSA) is 59.0 Å². The summed E-state index contributed by atoms with van der Waals surface area (Å²) < 4.78 is 53.3. The molecular weight excluding hydrogens is 479 g/mol. The monoisotopic (exact) mass is 503 g/mol. The Hall–Kier alpha value is -3.33. The van der Waals surface area contributed by atoms with Gasteiger partial charge in [0, 0.05) is 12.3 Å². The Balaban J connectivity index is 1.60. The van der Waals surface area contributed by atoms with Gasteiger partial charge in [0.15, 0.2) is 22.9 Å². The number of nitrogens with zero attached hydrogens (tertiary/aromatic N) is 1. The van der Waals surface area contributed by atoms with E-state index in [4.69, 9.17) is 14.6 Å². The van der Waals surface area contributed by atoms with Gasteiger partial charge in [-0.2, -0.15) is 13.2 Å². The van der Waals surface area contributed by atoms with E-state index in [9.17, 15) is 18.0 Å². The van der Waals surface area contributed by atoms with Crippen LogP contribution in [0.15, 0.2) is 78.9 Å². The van der Waals surface area contributed by atoms with E-state index >= 15 is 0 Å². The first-order valence-electron chi connectivity index (χ1n) is 11.0. The molecule has 5 nitrogen and oxygen atoms in total. The molecule has 0 saturated heterocycles. The summed E-state index contributed by atoms with van der Waals surface area (Å²) in [4.78, 5) is 12.8. The van der Waals surface area contributed by atoms with E-state index in [1.807, 2.05) is 4.90 Å². The van der Waals surface area contributed by atoms with E-state index in [1.54, 1.807) is 54.6 Å². The molecule has 0 amide bonds. The summed E-state index contributed by atoms with van der Waals surface area (Å²) in [7, 11) is 0. The third kappa shape index (κ3) is 5.19. The van der Waals surface area contributed by atoms with Crippen LogP contribution in [0.4, 0.5) is 18.9 Å². The van der Waals surface area contributed by atoms with Crippen molar-refractivity contribution in [3.05, 3.63) is 90.0 Å². The average molecular weight is 504 g/mol. The van der Waals surface area contributed by atoms with Crippen molar-refractivity contribution in [1.82, 2.24) is 0 Å². The number of rotatable bonds is 9. The highest BCUT2D eigenvalue weighted by Gasteiger charge is 2.57. The molecule has 3 aromatic carbocycles. The minimum atomic E-state index is -4.54. The third-order valence-corrected chi connectivity index (χ3v) is 7.22. The number of carbonyl (C=O) groups is 1. The fourth-order valence-corrected chi connectivity index (χ4v) is 5.55. The van der Waals surface area contributed by atoms with Crippen molar-refractivity contribution in [2.75, 3.05) is 37.0 Å². The molecule has 9 heteroatoms. The SMILES string of the molecule is O=C(O)COc1cccc2c1OCCN2CCSC(c1ccccc1)(c1ccccc1)C(F)(F)F. The Morgan fingerprint density at radius 1 is 0.971 bits per heavy atom. The Morgan fingerprint density at radius 2 is 1.60 bits per heavy atom.